The zero-order chi connectivity index (χ0) is 10.1. The maximum atomic E-state index is 10.5. The minimum Gasteiger partial charge on any atom is -0.321 e. The zero-order valence-corrected chi connectivity index (χ0v) is 8.32. The Morgan fingerprint density at radius 3 is 2.93 bits per heavy atom. The van der Waals surface area contributed by atoms with Crippen molar-refractivity contribution >= 4 is 17.3 Å². The monoisotopic (exact) mass is 188 g/mol. The van der Waals surface area contributed by atoms with Gasteiger partial charge in [0.05, 0.1) is 17.6 Å². The number of hydrogen-bond acceptors (Lipinski definition) is 2. The fourth-order valence-corrected chi connectivity index (χ4v) is 1.71. The standard InChI is InChI=1S/C11H12N2O/c1-8-4-3-5-10-11(8)12-9(2)13(10)6-7-14/h3-5,7H,6H2,1-2H3. The molecule has 0 aliphatic heterocycles. The van der Waals surface area contributed by atoms with Gasteiger partial charge < -0.3 is 9.36 Å². The number of aromatic nitrogens is 2. The van der Waals surface area contributed by atoms with Crippen LogP contribution in [0.15, 0.2) is 18.2 Å². The fraction of sp³-hybridized carbons (Fsp3) is 0.273. The van der Waals surface area contributed by atoms with Crippen LogP contribution in [0.5, 0.6) is 0 Å². The molecule has 1 heterocycles. The summed E-state index contributed by atoms with van der Waals surface area (Å²) in [4.78, 5) is 14.9. The second-order valence-corrected chi connectivity index (χ2v) is 3.38. The number of para-hydroxylation sites is 1. The van der Waals surface area contributed by atoms with E-state index in [9.17, 15) is 4.79 Å². The Balaban J connectivity index is 2.76. The van der Waals surface area contributed by atoms with E-state index in [-0.39, 0.29) is 0 Å². The van der Waals surface area contributed by atoms with E-state index < -0.39 is 0 Å². The van der Waals surface area contributed by atoms with Gasteiger partial charge in [-0.3, -0.25) is 0 Å². The van der Waals surface area contributed by atoms with Crippen LogP contribution in [-0.4, -0.2) is 15.8 Å². The SMILES string of the molecule is Cc1cccc2c1nc(C)n2CC=O. The van der Waals surface area contributed by atoms with Crippen molar-refractivity contribution in [2.24, 2.45) is 0 Å². The maximum Gasteiger partial charge on any atom is 0.139 e. The zero-order valence-electron chi connectivity index (χ0n) is 8.32. The van der Waals surface area contributed by atoms with Crippen LogP contribution in [0, 0.1) is 13.8 Å². The molecule has 3 nitrogen and oxygen atoms in total. The first-order chi connectivity index (χ1) is 6.74. The molecule has 72 valence electrons. The molecule has 2 rings (SSSR count). The molecule has 0 aliphatic rings. The largest absolute Gasteiger partial charge is 0.321 e. The Morgan fingerprint density at radius 2 is 2.21 bits per heavy atom. The van der Waals surface area contributed by atoms with Crippen molar-refractivity contribution in [2.75, 3.05) is 0 Å². The molecular weight excluding hydrogens is 176 g/mol. The highest BCUT2D eigenvalue weighted by atomic mass is 16.1. The number of nitrogens with zero attached hydrogens (tertiary/aromatic N) is 2. The van der Waals surface area contributed by atoms with Crippen LogP contribution in [-0.2, 0) is 11.3 Å². The lowest BCUT2D eigenvalue weighted by Gasteiger charge is -2.00. The van der Waals surface area contributed by atoms with E-state index in [0.29, 0.717) is 6.54 Å². The second-order valence-electron chi connectivity index (χ2n) is 3.38. The van der Waals surface area contributed by atoms with Gasteiger partial charge in [-0.2, -0.15) is 0 Å². The third-order valence-electron chi connectivity index (χ3n) is 2.43. The smallest absolute Gasteiger partial charge is 0.139 e. The van der Waals surface area contributed by atoms with E-state index in [2.05, 4.69) is 4.98 Å². The molecule has 0 bridgehead atoms. The predicted molar refractivity (Wildman–Crippen MR) is 55.3 cm³/mol. The number of rotatable bonds is 2. The van der Waals surface area contributed by atoms with Gasteiger partial charge in [0.15, 0.2) is 0 Å². The lowest BCUT2D eigenvalue weighted by molar-refractivity contribution is -0.108. The highest BCUT2D eigenvalue weighted by Gasteiger charge is 2.07. The van der Waals surface area contributed by atoms with Crippen LogP contribution >= 0.6 is 0 Å². The quantitative estimate of drug-likeness (QED) is 0.674. The fourth-order valence-electron chi connectivity index (χ4n) is 1.71. The molecule has 0 atom stereocenters. The Kier molecular flexibility index (Phi) is 2.08. The van der Waals surface area contributed by atoms with Gasteiger partial charge in [0, 0.05) is 0 Å². The molecule has 0 N–H and O–H groups in total. The number of benzene rings is 1. The van der Waals surface area contributed by atoms with E-state index in [1.54, 1.807) is 0 Å². The third-order valence-corrected chi connectivity index (χ3v) is 2.43. The van der Waals surface area contributed by atoms with Crippen molar-refractivity contribution < 1.29 is 4.79 Å². The van der Waals surface area contributed by atoms with E-state index in [1.807, 2.05) is 36.6 Å². The first kappa shape index (κ1) is 8.94. The molecule has 0 amide bonds. The van der Waals surface area contributed by atoms with Crippen molar-refractivity contribution in [1.82, 2.24) is 9.55 Å². The van der Waals surface area contributed by atoms with E-state index >= 15 is 0 Å². The number of hydrogen-bond donors (Lipinski definition) is 0. The van der Waals surface area contributed by atoms with Crippen molar-refractivity contribution in [2.45, 2.75) is 20.4 Å². The van der Waals surface area contributed by atoms with Crippen LogP contribution in [0.1, 0.15) is 11.4 Å². The molecule has 0 saturated heterocycles. The van der Waals surface area contributed by atoms with Gasteiger partial charge in [-0.1, -0.05) is 12.1 Å². The Labute approximate surface area is 82.4 Å². The molecule has 1 aromatic heterocycles. The summed E-state index contributed by atoms with van der Waals surface area (Å²) in [6.07, 6.45) is 0.899. The number of fused-ring (bicyclic) bond motifs is 1. The van der Waals surface area contributed by atoms with Crippen LogP contribution in [0.2, 0.25) is 0 Å². The van der Waals surface area contributed by atoms with Crippen molar-refractivity contribution in [3.8, 4) is 0 Å². The Morgan fingerprint density at radius 1 is 1.43 bits per heavy atom. The molecule has 2 aromatic rings. The van der Waals surface area contributed by atoms with Crippen LogP contribution in [0.3, 0.4) is 0 Å². The molecule has 0 radical (unpaired) electrons. The molecule has 0 spiro atoms. The summed E-state index contributed by atoms with van der Waals surface area (Å²) < 4.78 is 1.93. The summed E-state index contributed by atoms with van der Waals surface area (Å²) in [6, 6.07) is 6.01. The molecule has 1 aromatic carbocycles. The minimum absolute atomic E-state index is 0.381. The number of aryl methyl sites for hydroxylation is 2. The Hall–Kier alpha value is -1.64. The van der Waals surface area contributed by atoms with Gasteiger partial charge >= 0.3 is 0 Å². The van der Waals surface area contributed by atoms with Crippen molar-refractivity contribution in [3.63, 3.8) is 0 Å². The maximum absolute atomic E-state index is 10.5. The van der Waals surface area contributed by atoms with Gasteiger partial charge in [-0.05, 0) is 25.5 Å². The second kappa shape index (κ2) is 3.25. The summed E-state index contributed by atoms with van der Waals surface area (Å²) in [5.41, 5.74) is 3.18. The van der Waals surface area contributed by atoms with Gasteiger partial charge in [0.1, 0.15) is 12.1 Å². The molecule has 0 unspecified atom stereocenters. The van der Waals surface area contributed by atoms with E-state index in [1.165, 1.54) is 0 Å². The molecule has 14 heavy (non-hydrogen) atoms. The lowest BCUT2D eigenvalue weighted by Crippen LogP contribution is -2.00. The molecule has 0 aliphatic carbocycles. The van der Waals surface area contributed by atoms with E-state index in [0.717, 1.165) is 28.7 Å². The van der Waals surface area contributed by atoms with Crippen molar-refractivity contribution in [3.05, 3.63) is 29.6 Å². The van der Waals surface area contributed by atoms with Crippen LogP contribution in [0.4, 0.5) is 0 Å². The van der Waals surface area contributed by atoms with Gasteiger partial charge in [-0.15, -0.1) is 0 Å². The third kappa shape index (κ3) is 1.21. The molecule has 3 heteroatoms. The average Bonchev–Trinajstić information content (AvgIpc) is 2.47. The van der Waals surface area contributed by atoms with Gasteiger partial charge in [-0.25, -0.2) is 4.98 Å². The summed E-state index contributed by atoms with van der Waals surface area (Å²) in [7, 11) is 0. The van der Waals surface area contributed by atoms with Crippen LogP contribution < -0.4 is 0 Å². The number of carbonyl (C=O) groups is 1. The Bertz CT molecular complexity index is 485. The highest BCUT2D eigenvalue weighted by Crippen LogP contribution is 2.18. The predicted octanol–water partition coefficient (Wildman–Crippen LogP) is 1.85. The lowest BCUT2D eigenvalue weighted by atomic mass is 10.2. The normalized spacial score (nSPS) is 10.7. The molecular formula is C11H12N2O. The minimum atomic E-state index is 0.381. The van der Waals surface area contributed by atoms with Crippen molar-refractivity contribution in [1.29, 1.82) is 0 Å². The van der Waals surface area contributed by atoms with Gasteiger partial charge in [0.25, 0.3) is 0 Å². The summed E-state index contributed by atoms with van der Waals surface area (Å²) in [5, 5.41) is 0. The molecule has 0 fully saturated rings. The highest BCUT2D eigenvalue weighted by molar-refractivity contribution is 5.80. The number of imidazole rings is 1. The summed E-state index contributed by atoms with van der Waals surface area (Å²) in [6.45, 7) is 4.33. The number of aldehydes is 1. The summed E-state index contributed by atoms with van der Waals surface area (Å²) >= 11 is 0. The molecule has 0 saturated carbocycles. The number of carbonyl (C=O) groups excluding carboxylic acids is 1. The van der Waals surface area contributed by atoms with E-state index in [4.69, 9.17) is 0 Å². The van der Waals surface area contributed by atoms with Gasteiger partial charge in [0.2, 0.25) is 0 Å². The topological polar surface area (TPSA) is 34.9 Å². The first-order valence-electron chi connectivity index (χ1n) is 4.60. The van der Waals surface area contributed by atoms with Crippen LogP contribution in [0.25, 0.3) is 11.0 Å². The summed E-state index contributed by atoms with van der Waals surface area (Å²) in [5.74, 6) is 0.890. The first-order valence-corrected chi connectivity index (χ1v) is 4.60. The average molecular weight is 188 g/mol.